The van der Waals surface area contributed by atoms with E-state index in [2.05, 4.69) is 12.2 Å². The lowest BCUT2D eigenvalue weighted by atomic mass is 9.86. The van der Waals surface area contributed by atoms with Crippen molar-refractivity contribution in [2.45, 2.75) is 84.2 Å². The molecule has 35 heavy (non-hydrogen) atoms. The van der Waals surface area contributed by atoms with Crippen LogP contribution in [-0.2, 0) is 13.0 Å². The molecular formula is C26H34F2N4O3. The number of ether oxygens (including phenoxy) is 1. The van der Waals surface area contributed by atoms with Gasteiger partial charge in [0.15, 0.2) is 17.5 Å². The lowest BCUT2D eigenvalue weighted by molar-refractivity contribution is 0.0984. The third-order valence-corrected chi connectivity index (χ3v) is 7.02. The number of carbonyl (C=O) groups is 2. The van der Waals surface area contributed by atoms with Crippen molar-refractivity contribution >= 4 is 17.8 Å². The van der Waals surface area contributed by atoms with E-state index in [1.165, 1.54) is 11.0 Å². The smallest absolute Gasteiger partial charge is 0.389 e. The standard InChI is InChI=1S/C26H34F2N4O3/c1-3-4-14-32(24(33)18-12-13-19(27)20(28)16-18)23-25(31-15-8-7-11-22(31)30-23)35-26(34)29-21-10-6-5-9-17(21)2/h12-13,16-17,21H,3-11,14-15H2,1-2H3,(H,29,34). The number of carbonyl (C=O) groups excluding carboxylic acids is 2. The molecule has 2 unspecified atom stereocenters. The number of unbranched alkanes of at least 4 members (excludes halogenated alkanes) is 1. The summed E-state index contributed by atoms with van der Waals surface area (Å²) in [6.07, 6.45) is 7.68. The largest absolute Gasteiger partial charge is 0.414 e. The van der Waals surface area contributed by atoms with Gasteiger partial charge in [-0.15, -0.1) is 0 Å². The van der Waals surface area contributed by atoms with Crippen molar-refractivity contribution in [1.29, 1.82) is 0 Å². The van der Waals surface area contributed by atoms with Gasteiger partial charge in [-0.2, -0.15) is 0 Å². The SMILES string of the molecule is CCCCN(C(=O)c1ccc(F)c(F)c1)c1nc2n(c1OC(=O)NC1CCCCC1C)CCCC2. The van der Waals surface area contributed by atoms with Crippen LogP contribution in [0.5, 0.6) is 5.88 Å². The highest BCUT2D eigenvalue weighted by atomic mass is 19.2. The molecule has 4 rings (SSSR count). The van der Waals surface area contributed by atoms with Gasteiger partial charge in [0, 0.05) is 31.1 Å². The minimum Gasteiger partial charge on any atom is -0.389 e. The maximum Gasteiger partial charge on any atom is 0.414 e. The number of fused-ring (bicyclic) bond motifs is 1. The number of halogens is 2. The molecule has 1 aliphatic carbocycles. The average Bonchev–Trinajstić information content (AvgIpc) is 3.20. The molecule has 2 aromatic rings. The van der Waals surface area contributed by atoms with E-state index in [0.29, 0.717) is 31.8 Å². The fourth-order valence-electron chi connectivity index (χ4n) is 4.92. The maximum atomic E-state index is 13.9. The van der Waals surface area contributed by atoms with Crippen LogP contribution in [-0.4, -0.2) is 34.1 Å². The van der Waals surface area contributed by atoms with E-state index in [9.17, 15) is 18.4 Å². The molecule has 1 fully saturated rings. The Morgan fingerprint density at radius 1 is 1.17 bits per heavy atom. The highest BCUT2D eigenvalue weighted by molar-refractivity contribution is 6.06. The van der Waals surface area contributed by atoms with Crippen molar-refractivity contribution in [3.05, 3.63) is 41.2 Å². The first-order valence-corrected chi connectivity index (χ1v) is 12.7. The van der Waals surface area contributed by atoms with E-state index in [4.69, 9.17) is 9.72 Å². The molecule has 0 radical (unpaired) electrons. The van der Waals surface area contributed by atoms with Crippen LogP contribution in [0.1, 0.15) is 81.4 Å². The Kier molecular flexibility index (Phi) is 8.03. The van der Waals surface area contributed by atoms with Gasteiger partial charge < -0.3 is 10.1 Å². The van der Waals surface area contributed by atoms with Gasteiger partial charge in [-0.3, -0.25) is 14.3 Å². The van der Waals surface area contributed by atoms with Crippen molar-refractivity contribution in [1.82, 2.24) is 14.9 Å². The molecule has 2 atom stereocenters. The average molecular weight is 489 g/mol. The molecule has 1 aliphatic heterocycles. The first-order valence-electron chi connectivity index (χ1n) is 12.7. The minimum atomic E-state index is -1.09. The summed E-state index contributed by atoms with van der Waals surface area (Å²) in [4.78, 5) is 32.5. The second kappa shape index (κ2) is 11.2. The lowest BCUT2D eigenvalue weighted by Gasteiger charge is -2.29. The molecule has 2 heterocycles. The number of aromatic nitrogens is 2. The molecule has 0 saturated heterocycles. The molecule has 0 spiro atoms. The zero-order valence-electron chi connectivity index (χ0n) is 20.5. The Morgan fingerprint density at radius 3 is 2.71 bits per heavy atom. The number of rotatable bonds is 7. The molecule has 1 N–H and O–H groups in total. The third-order valence-electron chi connectivity index (χ3n) is 7.02. The van der Waals surface area contributed by atoms with Crippen molar-refractivity contribution in [3.8, 4) is 5.88 Å². The number of hydrogen-bond donors (Lipinski definition) is 1. The summed E-state index contributed by atoms with van der Waals surface area (Å²) in [5.41, 5.74) is 0.0115. The molecule has 1 aromatic heterocycles. The quantitative estimate of drug-likeness (QED) is 0.550. The number of nitrogens with zero attached hydrogens (tertiary/aromatic N) is 3. The van der Waals surface area contributed by atoms with Gasteiger partial charge in [0.2, 0.25) is 5.88 Å². The number of nitrogens with one attached hydrogen (secondary N) is 1. The highest BCUT2D eigenvalue weighted by Gasteiger charge is 2.31. The van der Waals surface area contributed by atoms with Crippen LogP contribution in [0.3, 0.4) is 0 Å². The van der Waals surface area contributed by atoms with Gasteiger partial charge in [0.05, 0.1) is 0 Å². The number of amides is 2. The first-order chi connectivity index (χ1) is 16.9. The predicted molar refractivity (Wildman–Crippen MR) is 129 cm³/mol. The topological polar surface area (TPSA) is 76.5 Å². The summed E-state index contributed by atoms with van der Waals surface area (Å²) < 4.78 is 35.1. The Bertz CT molecular complexity index is 1070. The molecule has 1 aromatic carbocycles. The molecule has 7 nitrogen and oxygen atoms in total. The van der Waals surface area contributed by atoms with Crippen LogP contribution in [0.4, 0.5) is 19.4 Å². The van der Waals surface area contributed by atoms with Crippen molar-refractivity contribution in [2.75, 3.05) is 11.4 Å². The van der Waals surface area contributed by atoms with Crippen LogP contribution in [0.25, 0.3) is 0 Å². The Hall–Kier alpha value is -2.97. The van der Waals surface area contributed by atoms with E-state index < -0.39 is 23.6 Å². The molecule has 2 amide bonds. The van der Waals surface area contributed by atoms with E-state index in [-0.39, 0.29) is 23.3 Å². The van der Waals surface area contributed by atoms with Gasteiger partial charge in [0.1, 0.15) is 5.82 Å². The Balaban J connectivity index is 1.66. The van der Waals surface area contributed by atoms with Crippen molar-refractivity contribution < 1.29 is 23.1 Å². The van der Waals surface area contributed by atoms with Gasteiger partial charge in [0.25, 0.3) is 5.91 Å². The Morgan fingerprint density at radius 2 is 1.97 bits per heavy atom. The zero-order chi connectivity index (χ0) is 24.9. The Labute approximate surface area is 204 Å². The maximum absolute atomic E-state index is 13.9. The van der Waals surface area contributed by atoms with Crippen LogP contribution >= 0.6 is 0 Å². The fraction of sp³-hybridized carbons (Fsp3) is 0.577. The second-order valence-electron chi connectivity index (χ2n) is 9.61. The van der Waals surface area contributed by atoms with E-state index in [1.54, 1.807) is 0 Å². The molecular weight excluding hydrogens is 454 g/mol. The molecule has 9 heteroatoms. The zero-order valence-corrected chi connectivity index (χ0v) is 20.5. The highest BCUT2D eigenvalue weighted by Crippen LogP contribution is 2.34. The number of anilines is 1. The molecule has 1 saturated carbocycles. The summed E-state index contributed by atoms with van der Waals surface area (Å²) in [7, 11) is 0. The third kappa shape index (κ3) is 5.65. The van der Waals surface area contributed by atoms with E-state index in [1.807, 2.05) is 11.5 Å². The molecule has 0 bridgehead atoms. The molecule has 2 aliphatic rings. The number of aryl methyl sites for hydroxylation is 1. The van der Waals surface area contributed by atoms with Gasteiger partial charge in [-0.1, -0.05) is 33.1 Å². The van der Waals surface area contributed by atoms with Crippen LogP contribution < -0.4 is 15.0 Å². The minimum absolute atomic E-state index is 0.0115. The summed E-state index contributed by atoms with van der Waals surface area (Å²) in [6.45, 7) is 5.06. The van der Waals surface area contributed by atoms with Gasteiger partial charge in [-0.05, 0) is 56.2 Å². The number of hydrogen-bond acceptors (Lipinski definition) is 4. The first kappa shape index (κ1) is 25.1. The van der Waals surface area contributed by atoms with Gasteiger partial charge >= 0.3 is 6.09 Å². The second-order valence-corrected chi connectivity index (χ2v) is 9.61. The van der Waals surface area contributed by atoms with Crippen molar-refractivity contribution in [3.63, 3.8) is 0 Å². The summed E-state index contributed by atoms with van der Waals surface area (Å²) in [5.74, 6) is -1.03. The van der Waals surface area contributed by atoms with Crippen LogP contribution in [0.15, 0.2) is 18.2 Å². The number of benzene rings is 1. The van der Waals surface area contributed by atoms with E-state index >= 15 is 0 Å². The monoisotopic (exact) mass is 488 g/mol. The van der Waals surface area contributed by atoms with Gasteiger partial charge in [-0.25, -0.2) is 18.6 Å². The summed E-state index contributed by atoms with van der Waals surface area (Å²) in [5, 5.41) is 3.00. The predicted octanol–water partition coefficient (Wildman–Crippen LogP) is 5.61. The van der Waals surface area contributed by atoms with Crippen molar-refractivity contribution in [2.24, 2.45) is 5.92 Å². The fourth-order valence-corrected chi connectivity index (χ4v) is 4.92. The summed E-state index contributed by atoms with van der Waals surface area (Å²) >= 11 is 0. The van der Waals surface area contributed by atoms with Crippen LogP contribution in [0.2, 0.25) is 0 Å². The molecule has 190 valence electrons. The van der Waals surface area contributed by atoms with Crippen LogP contribution in [0, 0.1) is 17.6 Å². The van der Waals surface area contributed by atoms with E-state index in [0.717, 1.165) is 62.9 Å². The normalized spacial score (nSPS) is 19.7. The lowest BCUT2D eigenvalue weighted by Crippen LogP contribution is -2.43. The number of imidazole rings is 1. The summed E-state index contributed by atoms with van der Waals surface area (Å²) in [6, 6.07) is 3.13.